The minimum Gasteiger partial charge on any atom is -0.491 e. The molecule has 0 aliphatic heterocycles. The van der Waals surface area contributed by atoms with Gasteiger partial charge >= 0.3 is 0 Å². The van der Waals surface area contributed by atoms with E-state index in [9.17, 15) is 4.79 Å². The number of aryl methyl sites for hydroxylation is 2. The second-order valence-corrected chi connectivity index (χ2v) is 5.90. The molecule has 0 aliphatic carbocycles. The van der Waals surface area contributed by atoms with Crippen LogP contribution in [0.5, 0.6) is 5.75 Å². The fourth-order valence-electron chi connectivity index (χ4n) is 1.78. The fraction of sp³-hybridized carbons (Fsp3) is 0.312. The van der Waals surface area contributed by atoms with Crippen molar-refractivity contribution in [3.05, 3.63) is 45.6 Å². The summed E-state index contributed by atoms with van der Waals surface area (Å²) in [5.74, 6) is 0.631. The molecule has 1 aromatic carbocycles. The van der Waals surface area contributed by atoms with Crippen molar-refractivity contribution in [2.24, 2.45) is 0 Å². The van der Waals surface area contributed by atoms with Gasteiger partial charge < -0.3 is 10.1 Å². The topological polar surface area (TPSA) is 38.3 Å². The van der Waals surface area contributed by atoms with E-state index in [1.807, 2.05) is 44.2 Å². The lowest BCUT2D eigenvalue weighted by atomic mass is 10.2. The average Bonchev–Trinajstić information content (AvgIpc) is 2.78. The smallest absolute Gasteiger partial charge is 0.265 e. The molecule has 0 saturated carbocycles. The van der Waals surface area contributed by atoms with E-state index in [0.29, 0.717) is 12.4 Å². The fourth-order valence-corrected chi connectivity index (χ4v) is 2.71. The van der Waals surface area contributed by atoms with E-state index in [0.717, 1.165) is 22.5 Å². The zero-order valence-corrected chi connectivity index (χ0v) is 12.8. The summed E-state index contributed by atoms with van der Waals surface area (Å²) in [6.45, 7) is 6.73. The van der Waals surface area contributed by atoms with Crippen molar-refractivity contribution in [2.45, 2.75) is 27.2 Å². The summed E-state index contributed by atoms with van der Waals surface area (Å²) >= 11 is 1.51. The van der Waals surface area contributed by atoms with Crippen LogP contribution in [0.3, 0.4) is 0 Å². The lowest BCUT2D eigenvalue weighted by Gasteiger charge is -2.11. The number of hydrogen-bond donors (Lipinski definition) is 1. The standard InChI is InChI=1S/C16H19NO2S/c1-4-9-19-14-8-6-5-7-13(14)17-16(18)15-10-11(2)12(3)20-15/h5-8,10H,4,9H2,1-3H3,(H,17,18). The van der Waals surface area contributed by atoms with E-state index in [2.05, 4.69) is 12.2 Å². The highest BCUT2D eigenvalue weighted by atomic mass is 32.1. The number of benzene rings is 1. The Morgan fingerprint density at radius 3 is 2.70 bits per heavy atom. The van der Waals surface area contributed by atoms with Crippen molar-refractivity contribution < 1.29 is 9.53 Å². The second-order valence-electron chi connectivity index (χ2n) is 4.65. The van der Waals surface area contributed by atoms with Crippen LogP contribution in [0.2, 0.25) is 0 Å². The predicted molar refractivity (Wildman–Crippen MR) is 84.0 cm³/mol. The van der Waals surface area contributed by atoms with Gasteiger partial charge in [0.25, 0.3) is 5.91 Å². The van der Waals surface area contributed by atoms with Crippen molar-refractivity contribution in [1.82, 2.24) is 0 Å². The zero-order valence-electron chi connectivity index (χ0n) is 12.0. The van der Waals surface area contributed by atoms with Gasteiger partial charge in [0.2, 0.25) is 0 Å². The molecule has 0 radical (unpaired) electrons. The largest absolute Gasteiger partial charge is 0.491 e. The Bertz CT molecular complexity index is 585. The minimum absolute atomic E-state index is 0.0845. The molecule has 106 valence electrons. The molecule has 20 heavy (non-hydrogen) atoms. The van der Waals surface area contributed by atoms with Gasteiger partial charge in [0.15, 0.2) is 0 Å². The Hall–Kier alpha value is -1.81. The maximum atomic E-state index is 12.2. The quantitative estimate of drug-likeness (QED) is 0.885. The highest BCUT2D eigenvalue weighted by Gasteiger charge is 2.12. The zero-order chi connectivity index (χ0) is 14.5. The third-order valence-corrected chi connectivity index (χ3v) is 4.14. The van der Waals surface area contributed by atoms with Crippen molar-refractivity contribution >= 4 is 22.9 Å². The number of ether oxygens (including phenoxy) is 1. The number of carbonyl (C=O) groups is 1. The molecule has 4 heteroatoms. The third kappa shape index (κ3) is 3.39. The number of hydrogen-bond acceptors (Lipinski definition) is 3. The summed E-state index contributed by atoms with van der Waals surface area (Å²) in [5, 5.41) is 2.92. The third-order valence-electron chi connectivity index (χ3n) is 2.99. The van der Waals surface area contributed by atoms with E-state index in [-0.39, 0.29) is 5.91 Å². The van der Waals surface area contributed by atoms with Gasteiger partial charge in [-0.1, -0.05) is 19.1 Å². The summed E-state index contributed by atoms with van der Waals surface area (Å²) in [4.78, 5) is 14.1. The van der Waals surface area contributed by atoms with Crippen molar-refractivity contribution in [3.63, 3.8) is 0 Å². The summed E-state index contributed by atoms with van der Waals surface area (Å²) in [6, 6.07) is 9.44. The summed E-state index contributed by atoms with van der Waals surface area (Å²) < 4.78 is 5.64. The number of nitrogens with one attached hydrogen (secondary N) is 1. The first-order chi connectivity index (χ1) is 9.61. The van der Waals surface area contributed by atoms with Gasteiger partial charge in [0.1, 0.15) is 5.75 Å². The molecular formula is C16H19NO2S. The molecule has 1 amide bonds. The maximum Gasteiger partial charge on any atom is 0.265 e. The van der Waals surface area contributed by atoms with Crippen LogP contribution in [0.25, 0.3) is 0 Å². The van der Waals surface area contributed by atoms with Crippen LogP contribution in [0.15, 0.2) is 30.3 Å². The average molecular weight is 289 g/mol. The normalized spacial score (nSPS) is 10.3. The Kier molecular flexibility index (Phi) is 4.79. The molecular weight excluding hydrogens is 270 g/mol. The van der Waals surface area contributed by atoms with Crippen LogP contribution in [0, 0.1) is 13.8 Å². The van der Waals surface area contributed by atoms with Gasteiger partial charge in [0.05, 0.1) is 17.2 Å². The Morgan fingerprint density at radius 1 is 1.30 bits per heavy atom. The first-order valence-electron chi connectivity index (χ1n) is 6.72. The molecule has 2 aromatic rings. The number of para-hydroxylation sites is 2. The minimum atomic E-state index is -0.0845. The van der Waals surface area contributed by atoms with Crippen LogP contribution in [0.1, 0.15) is 33.5 Å². The number of thiophene rings is 1. The summed E-state index contributed by atoms with van der Waals surface area (Å²) in [5.41, 5.74) is 1.87. The van der Waals surface area contributed by atoms with Gasteiger partial charge in [0, 0.05) is 4.88 Å². The molecule has 2 rings (SSSR count). The lowest BCUT2D eigenvalue weighted by molar-refractivity contribution is 0.103. The molecule has 0 atom stereocenters. The van der Waals surface area contributed by atoms with E-state index >= 15 is 0 Å². The number of amides is 1. The van der Waals surface area contributed by atoms with E-state index in [4.69, 9.17) is 4.74 Å². The van der Waals surface area contributed by atoms with Crippen molar-refractivity contribution in [2.75, 3.05) is 11.9 Å². The van der Waals surface area contributed by atoms with Crippen LogP contribution in [-0.4, -0.2) is 12.5 Å². The van der Waals surface area contributed by atoms with Crippen molar-refractivity contribution in [1.29, 1.82) is 0 Å². The highest BCUT2D eigenvalue weighted by molar-refractivity contribution is 7.14. The summed E-state index contributed by atoms with van der Waals surface area (Å²) in [6.07, 6.45) is 0.936. The molecule has 0 bridgehead atoms. The molecule has 3 nitrogen and oxygen atoms in total. The van der Waals surface area contributed by atoms with Gasteiger partial charge in [-0.05, 0) is 44.0 Å². The van der Waals surface area contributed by atoms with E-state index in [1.165, 1.54) is 16.2 Å². The van der Waals surface area contributed by atoms with Crippen LogP contribution >= 0.6 is 11.3 Å². The molecule has 0 unspecified atom stereocenters. The van der Waals surface area contributed by atoms with Crippen LogP contribution < -0.4 is 10.1 Å². The molecule has 0 aliphatic rings. The Morgan fingerprint density at radius 2 is 2.05 bits per heavy atom. The first kappa shape index (κ1) is 14.6. The second kappa shape index (κ2) is 6.57. The van der Waals surface area contributed by atoms with Gasteiger partial charge in [-0.25, -0.2) is 0 Å². The maximum absolute atomic E-state index is 12.2. The van der Waals surface area contributed by atoms with E-state index < -0.39 is 0 Å². The molecule has 1 aromatic heterocycles. The number of carbonyl (C=O) groups excluding carboxylic acids is 1. The first-order valence-corrected chi connectivity index (χ1v) is 7.53. The van der Waals surface area contributed by atoms with Crippen molar-refractivity contribution in [3.8, 4) is 5.75 Å². The molecule has 0 fully saturated rings. The number of rotatable bonds is 5. The molecule has 0 spiro atoms. The van der Waals surface area contributed by atoms with Crippen LogP contribution in [0.4, 0.5) is 5.69 Å². The van der Waals surface area contributed by atoms with Gasteiger partial charge in [-0.3, -0.25) is 4.79 Å². The number of anilines is 1. The Balaban J connectivity index is 2.15. The van der Waals surface area contributed by atoms with Gasteiger partial charge in [-0.2, -0.15) is 0 Å². The molecule has 1 heterocycles. The molecule has 0 saturated heterocycles. The SMILES string of the molecule is CCCOc1ccccc1NC(=O)c1cc(C)c(C)s1. The van der Waals surface area contributed by atoms with E-state index in [1.54, 1.807) is 0 Å². The van der Waals surface area contributed by atoms with Gasteiger partial charge in [-0.15, -0.1) is 11.3 Å². The summed E-state index contributed by atoms with van der Waals surface area (Å²) in [7, 11) is 0. The molecule has 1 N–H and O–H groups in total. The highest BCUT2D eigenvalue weighted by Crippen LogP contribution is 2.26. The Labute approximate surface area is 123 Å². The lowest BCUT2D eigenvalue weighted by Crippen LogP contribution is -2.11. The monoisotopic (exact) mass is 289 g/mol. The van der Waals surface area contributed by atoms with Crippen LogP contribution in [-0.2, 0) is 0 Å². The predicted octanol–water partition coefficient (Wildman–Crippen LogP) is 4.41.